The van der Waals surface area contributed by atoms with Crippen LogP contribution < -0.4 is 0 Å². The highest BCUT2D eigenvalue weighted by Crippen LogP contribution is 2.48. The molecular weight excluding hydrogens is 300 g/mol. The predicted octanol–water partition coefficient (Wildman–Crippen LogP) is 3.07. The van der Waals surface area contributed by atoms with Crippen molar-refractivity contribution in [1.29, 1.82) is 10.5 Å². The van der Waals surface area contributed by atoms with Gasteiger partial charge in [-0.15, -0.1) is 5.73 Å². The summed E-state index contributed by atoms with van der Waals surface area (Å²) >= 11 is 0. The second-order valence-electron chi connectivity index (χ2n) is 5.91. The van der Waals surface area contributed by atoms with Crippen LogP contribution in [0.15, 0.2) is 42.2 Å². The van der Waals surface area contributed by atoms with E-state index in [2.05, 4.69) is 48.4 Å². The van der Waals surface area contributed by atoms with Gasteiger partial charge in [0.1, 0.15) is 0 Å². The molecule has 2 unspecified atom stereocenters. The lowest BCUT2D eigenvalue weighted by molar-refractivity contribution is -0.139. The molecule has 0 aliphatic heterocycles. The molecule has 2 aliphatic carbocycles. The smallest absolute Gasteiger partial charge is 0.303 e. The number of ether oxygens (including phenoxy) is 1. The Balaban J connectivity index is 2.29. The molecule has 0 heterocycles. The minimum Gasteiger partial charge on any atom is -0.453 e. The zero-order valence-electron chi connectivity index (χ0n) is 13.6. The van der Waals surface area contributed by atoms with E-state index in [1.807, 2.05) is 12.2 Å². The lowest BCUT2D eigenvalue weighted by Gasteiger charge is -2.33. The van der Waals surface area contributed by atoms with Gasteiger partial charge in [-0.3, -0.25) is 4.79 Å². The van der Waals surface area contributed by atoms with Crippen LogP contribution in [0.1, 0.15) is 19.8 Å². The highest BCUT2D eigenvalue weighted by Gasteiger charge is 2.43. The van der Waals surface area contributed by atoms with Gasteiger partial charge in [0.2, 0.25) is 0 Å². The van der Waals surface area contributed by atoms with Crippen molar-refractivity contribution < 1.29 is 9.53 Å². The quantitative estimate of drug-likeness (QED) is 0.345. The van der Waals surface area contributed by atoms with E-state index in [-0.39, 0.29) is 30.8 Å². The summed E-state index contributed by atoms with van der Waals surface area (Å²) in [4.78, 5) is 10.7. The number of fused-ring (bicyclic) bond motifs is 2. The topological polar surface area (TPSA) is 73.9 Å². The van der Waals surface area contributed by atoms with E-state index in [1.165, 1.54) is 6.92 Å². The van der Waals surface area contributed by atoms with E-state index in [9.17, 15) is 15.3 Å². The molecule has 0 aromatic carbocycles. The molecule has 120 valence electrons. The van der Waals surface area contributed by atoms with Crippen LogP contribution in [0.25, 0.3) is 0 Å². The maximum atomic E-state index is 10.7. The molecule has 24 heavy (non-hydrogen) atoms. The fourth-order valence-electron chi connectivity index (χ4n) is 3.21. The normalized spacial score (nSPS) is 23.6. The van der Waals surface area contributed by atoms with Gasteiger partial charge in [0.15, 0.2) is 12.0 Å². The van der Waals surface area contributed by atoms with E-state index in [0.29, 0.717) is 0 Å². The number of nitrogens with zero attached hydrogens (tertiary/aromatic N) is 2. The first-order valence-corrected chi connectivity index (χ1v) is 7.74. The summed E-state index contributed by atoms with van der Waals surface area (Å²) in [5.74, 6) is 5.55. The molecule has 0 fully saturated rings. The van der Waals surface area contributed by atoms with Gasteiger partial charge in [-0.1, -0.05) is 36.6 Å². The first kappa shape index (κ1) is 17.4. The van der Waals surface area contributed by atoms with Crippen LogP contribution in [0, 0.1) is 57.7 Å². The van der Waals surface area contributed by atoms with Crippen molar-refractivity contribution in [1.82, 2.24) is 0 Å². The van der Waals surface area contributed by atoms with Gasteiger partial charge in [0.05, 0.1) is 12.1 Å². The maximum absolute atomic E-state index is 10.7. The van der Waals surface area contributed by atoms with E-state index in [0.717, 1.165) is 12.0 Å². The zero-order valence-corrected chi connectivity index (χ0v) is 13.6. The second-order valence-corrected chi connectivity index (χ2v) is 5.91. The Bertz CT molecular complexity index is 759. The highest BCUT2D eigenvalue weighted by atomic mass is 16.5. The zero-order chi connectivity index (χ0) is 17.6. The summed E-state index contributed by atoms with van der Waals surface area (Å²) in [5, 5.41) is 19.4. The molecule has 4 heteroatoms. The third-order valence-corrected chi connectivity index (χ3v) is 4.36. The Labute approximate surface area is 142 Å². The van der Waals surface area contributed by atoms with Crippen molar-refractivity contribution in [2.24, 2.45) is 23.2 Å². The van der Waals surface area contributed by atoms with Crippen molar-refractivity contribution >= 4 is 5.97 Å². The van der Waals surface area contributed by atoms with Crippen LogP contribution in [0.2, 0.25) is 0 Å². The average molecular weight is 318 g/mol. The summed E-state index contributed by atoms with van der Waals surface area (Å²) in [7, 11) is 0. The predicted molar refractivity (Wildman–Crippen MR) is 88.7 cm³/mol. The summed E-state index contributed by atoms with van der Waals surface area (Å²) in [5.41, 5.74) is 2.26. The molecule has 2 bridgehead atoms. The number of allylic oxidation sites excluding steroid dienone is 5. The average Bonchev–Trinajstić information content (AvgIpc) is 2.96. The Morgan fingerprint density at radius 2 is 2.17 bits per heavy atom. The number of hydrogen-bond acceptors (Lipinski definition) is 4. The SMILES string of the molecule is C=C=C[C@@H]1C(C(C#N)(C#N)CC#CCOC(C)=O)=CC2C=CC1C2. The molecule has 4 nitrogen and oxygen atoms in total. The van der Waals surface area contributed by atoms with Crippen LogP contribution in [-0.2, 0) is 9.53 Å². The molecular formula is C20H18N2O2. The largest absolute Gasteiger partial charge is 0.453 e. The van der Waals surface area contributed by atoms with Gasteiger partial charge in [0.25, 0.3) is 0 Å². The summed E-state index contributed by atoms with van der Waals surface area (Å²) in [6.07, 6.45) is 9.16. The van der Waals surface area contributed by atoms with Crippen molar-refractivity contribution in [3.8, 4) is 24.0 Å². The minimum atomic E-state index is -1.32. The van der Waals surface area contributed by atoms with Crippen LogP contribution in [0.5, 0.6) is 0 Å². The van der Waals surface area contributed by atoms with Gasteiger partial charge < -0.3 is 4.74 Å². The van der Waals surface area contributed by atoms with Gasteiger partial charge >= 0.3 is 5.97 Å². The summed E-state index contributed by atoms with van der Waals surface area (Å²) < 4.78 is 4.75. The molecule has 0 saturated heterocycles. The third-order valence-electron chi connectivity index (χ3n) is 4.36. The van der Waals surface area contributed by atoms with Crippen molar-refractivity contribution in [3.63, 3.8) is 0 Å². The van der Waals surface area contributed by atoms with Gasteiger partial charge in [-0.2, -0.15) is 10.5 Å². The third kappa shape index (κ3) is 3.49. The number of carbonyl (C=O) groups is 1. The summed E-state index contributed by atoms with van der Waals surface area (Å²) in [6.45, 7) is 4.90. The van der Waals surface area contributed by atoms with E-state index in [1.54, 1.807) is 0 Å². The number of hydrogen-bond donors (Lipinski definition) is 0. The maximum Gasteiger partial charge on any atom is 0.303 e. The fraction of sp³-hybridized carbons (Fsp3) is 0.400. The van der Waals surface area contributed by atoms with Crippen LogP contribution in [0.4, 0.5) is 0 Å². The fourth-order valence-corrected chi connectivity index (χ4v) is 3.21. The lowest BCUT2D eigenvalue weighted by atomic mass is 9.66. The molecule has 0 radical (unpaired) electrons. The number of carbonyl (C=O) groups excluding carboxylic acids is 1. The second kappa shape index (κ2) is 7.52. The van der Waals surface area contributed by atoms with Gasteiger partial charge in [-0.25, -0.2) is 0 Å². The molecule has 3 atom stereocenters. The van der Waals surface area contributed by atoms with Crippen molar-refractivity contribution in [2.45, 2.75) is 19.8 Å². The van der Waals surface area contributed by atoms with Gasteiger partial charge in [-0.05, 0) is 29.9 Å². The Morgan fingerprint density at radius 3 is 2.79 bits per heavy atom. The highest BCUT2D eigenvalue weighted by molar-refractivity contribution is 5.66. The molecule has 0 N–H and O–H groups in total. The van der Waals surface area contributed by atoms with E-state index in [4.69, 9.17) is 4.74 Å². The molecule has 0 aromatic rings. The first-order chi connectivity index (χ1) is 11.6. The Hall–Kier alpha value is -2.99. The molecule has 0 aromatic heterocycles. The number of rotatable bonds is 4. The van der Waals surface area contributed by atoms with Crippen LogP contribution >= 0.6 is 0 Å². The standard InChI is InChI=1S/C20H18N2O2/c1-3-6-18-17-8-7-16(11-17)12-19(18)20(13-21,14-22)9-4-5-10-24-15(2)23/h6-8,12,16-18H,1,9-11H2,2H3/t16?,17?,18-/m0/s1. The van der Waals surface area contributed by atoms with Crippen molar-refractivity contribution in [2.75, 3.05) is 6.61 Å². The van der Waals surface area contributed by atoms with Gasteiger partial charge in [0, 0.05) is 19.3 Å². The lowest BCUT2D eigenvalue weighted by Crippen LogP contribution is -2.30. The van der Waals surface area contributed by atoms with Crippen LogP contribution in [0.3, 0.4) is 0 Å². The Kier molecular flexibility index (Phi) is 5.44. The first-order valence-electron chi connectivity index (χ1n) is 7.74. The van der Waals surface area contributed by atoms with E-state index < -0.39 is 11.4 Å². The van der Waals surface area contributed by atoms with Crippen LogP contribution in [-0.4, -0.2) is 12.6 Å². The van der Waals surface area contributed by atoms with Crippen molar-refractivity contribution in [3.05, 3.63) is 42.2 Å². The Morgan fingerprint density at radius 1 is 1.42 bits per heavy atom. The minimum absolute atomic E-state index is 0.0376. The molecule has 0 amide bonds. The molecule has 2 aliphatic rings. The molecule has 0 saturated carbocycles. The number of esters is 1. The monoisotopic (exact) mass is 318 g/mol. The molecule has 0 spiro atoms. The summed E-state index contributed by atoms with van der Waals surface area (Å²) in [6, 6.07) is 4.31. The molecule has 2 rings (SSSR count). The van der Waals surface area contributed by atoms with E-state index >= 15 is 0 Å². The number of nitriles is 2.